The van der Waals surface area contributed by atoms with Crippen molar-refractivity contribution in [2.24, 2.45) is 0 Å². The molecule has 0 amide bonds. The fourth-order valence-corrected chi connectivity index (χ4v) is 2.81. The van der Waals surface area contributed by atoms with Crippen LogP contribution in [0.4, 0.5) is 4.39 Å². The summed E-state index contributed by atoms with van der Waals surface area (Å²) in [7, 11) is 0. The van der Waals surface area contributed by atoms with Crippen molar-refractivity contribution >= 4 is 35.3 Å². The van der Waals surface area contributed by atoms with E-state index in [0.717, 1.165) is 23.9 Å². The minimum Gasteiger partial charge on any atom is -0.478 e. The van der Waals surface area contributed by atoms with E-state index in [1.54, 1.807) is 20.8 Å². The summed E-state index contributed by atoms with van der Waals surface area (Å²) in [6, 6.07) is 2.07. The lowest BCUT2D eigenvalue weighted by Crippen LogP contribution is -2.22. The largest absolute Gasteiger partial charge is 0.478 e. The minimum atomic E-state index is -1.39. The Morgan fingerprint density at radius 2 is 2.05 bits per heavy atom. The summed E-state index contributed by atoms with van der Waals surface area (Å²) in [6.07, 6.45) is 0.234. The first-order valence-electron chi connectivity index (χ1n) is 6.35. The number of benzene rings is 1. The zero-order valence-electron chi connectivity index (χ0n) is 11.9. The van der Waals surface area contributed by atoms with Crippen LogP contribution in [0, 0.1) is 5.82 Å². The van der Waals surface area contributed by atoms with Crippen molar-refractivity contribution in [1.82, 2.24) is 0 Å². The van der Waals surface area contributed by atoms with Crippen LogP contribution in [0.3, 0.4) is 0 Å². The van der Waals surface area contributed by atoms with Crippen molar-refractivity contribution in [2.45, 2.75) is 43.4 Å². The van der Waals surface area contributed by atoms with Crippen LogP contribution in [0.2, 0.25) is 5.02 Å². The second-order valence-electron chi connectivity index (χ2n) is 4.57. The van der Waals surface area contributed by atoms with E-state index in [1.807, 2.05) is 0 Å². The molecule has 0 saturated heterocycles. The van der Waals surface area contributed by atoms with Crippen molar-refractivity contribution in [3.8, 4) is 0 Å². The number of hydrogen-bond donors (Lipinski definition) is 1. The molecule has 0 spiro atoms. The molecule has 0 saturated carbocycles. The molecule has 1 aromatic carbocycles. The summed E-state index contributed by atoms with van der Waals surface area (Å²) >= 11 is 6.98. The molecular formula is C14H16ClFO4S. The van der Waals surface area contributed by atoms with E-state index in [2.05, 4.69) is 0 Å². The number of carbonyl (C=O) groups excluding carboxylic acids is 1. The van der Waals surface area contributed by atoms with Gasteiger partial charge >= 0.3 is 11.9 Å². The predicted octanol–water partition coefficient (Wildman–Crippen LogP) is 4.00. The highest BCUT2D eigenvalue weighted by Gasteiger charge is 2.23. The maximum atomic E-state index is 13.5. The van der Waals surface area contributed by atoms with Gasteiger partial charge in [-0.15, -0.1) is 11.8 Å². The Bertz CT molecular complexity index is 548. The van der Waals surface area contributed by atoms with E-state index in [0.29, 0.717) is 11.3 Å². The maximum Gasteiger partial charge on any atom is 0.338 e. The molecule has 0 bridgehead atoms. The predicted molar refractivity (Wildman–Crippen MR) is 79.5 cm³/mol. The lowest BCUT2D eigenvalue weighted by Gasteiger charge is -2.16. The van der Waals surface area contributed by atoms with E-state index < -0.39 is 28.6 Å². The number of rotatable bonds is 6. The molecule has 0 aromatic heterocycles. The molecule has 1 unspecified atom stereocenters. The van der Waals surface area contributed by atoms with Crippen LogP contribution in [0.5, 0.6) is 0 Å². The zero-order chi connectivity index (χ0) is 16.2. The van der Waals surface area contributed by atoms with Crippen LogP contribution >= 0.6 is 23.4 Å². The number of halogens is 2. The normalized spacial score (nSPS) is 12.3. The Kier molecular flexibility index (Phi) is 6.48. The first kappa shape index (κ1) is 17.8. The van der Waals surface area contributed by atoms with Crippen LogP contribution in [0.15, 0.2) is 17.0 Å². The second-order valence-corrected chi connectivity index (χ2v) is 6.22. The second kappa shape index (κ2) is 7.66. The van der Waals surface area contributed by atoms with E-state index >= 15 is 0 Å². The summed E-state index contributed by atoms with van der Waals surface area (Å²) < 4.78 is 18.6. The highest BCUT2D eigenvalue weighted by molar-refractivity contribution is 8.00. The monoisotopic (exact) mass is 334 g/mol. The Labute approximate surface area is 131 Å². The number of ether oxygens (including phenoxy) is 1. The molecule has 0 fully saturated rings. The number of esters is 1. The molecule has 1 aromatic rings. The third-order valence-electron chi connectivity index (χ3n) is 2.51. The van der Waals surface area contributed by atoms with Gasteiger partial charge in [0.25, 0.3) is 0 Å². The molecule has 0 aliphatic heterocycles. The smallest absolute Gasteiger partial charge is 0.338 e. The van der Waals surface area contributed by atoms with E-state index in [4.69, 9.17) is 21.4 Å². The molecule has 21 heavy (non-hydrogen) atoms. The Hall–Kier alpha value is -1.27. The van der Waals surface area contributed by atoms with Crippen LogP contribution in [0.25, 0.3) is 0 Å². The van der Waals surface area contributed by atoms with E-state index in [1.165, 1.54) is 0 Å². The molecule has 1 rings (SSSR count). The number of hydrogen-bond acceptors (Lipinski definition) is 4. The van der Waals surface area contributed by atoms with Gasteiger partial charge in [-0.1, -0.05) is 18.5 Å². The third kappa shape index (κ3) is 4.89. The number of carboxylic acids is 1. The Morgan fingerprint density at radius 3 is 2.52 bits per heavy atom. The summed E-state index contributed by atoms with van der Waals surface area (Å²) in [5.74, 6) is -2.70. The highest BCUT2D eigenvalue weighted by Crippen LogP contribution is 2.34. The first-order chi connectivity index (χ1) is 9.76. The standard InChI is InChI=1S/C14H16ClFO4S/c1-4-11(14(19)20-7(2)3)21-12-5-8(13(17)18)10(16)6-9(12)15/h5-7,11H,4H2,1-3H3,(H,17,18). The van der Waals surface area contributed by atoms with Crippen molar-refractivity contribution in [1.29, 1.82) is 0 Å². The Morgan fingerprint density at radius 1 is 1.43 bits per heavy atom. The highest BCUT2D eigenvalue weighted by atomic mass is 35.5. The third-order valence-corrected chi connectivity index (χ3v) is 4.33. The van der Waals surface area contributed by atoms with E-state index in [9.17, 15) is 14.0 Å². The molecule has 1 atom stereocenters. The number of carboxylic acid groups (broad SMARTS) is 1. The number of carbonyl (C=O) groups is 2. The molecule has 0 aliphatic rings. The SMILES string of the molecule is CCC(Sc1cc(C(=O)O)c(F)cc1Cl)C(=O)OC(C)C. The molecular weight excluding hydrogens is 319 g/mol. The summed E-state index contributed by atoms with van der Waals surface area (Å²) in [6.45, 7) is 5.28. The van der Waals surface area contributed by atoms with Gasteiger partial charge < -0.3 is 9.84 Å². The molecule has 1 N–H and O–H groups in total. The number of aromatic carboxylic acids is 1. The van der Waals surface area contributed by atoms with Gasteiger partial charge in [0.15, 0.2) is 0 Å². The van der Waals surface area contributed by atoms with Crippen molar-refractivity contribution in [3.63, 3.8) is 0 Å². The van der Waals surface area contributed by atoms with Crippen molar-refractivity contribution < 1.29 is 23.8 Å². The summed E-state index contributed by atoms with van der Waals surface area (Å²) in [5, 5.41) is 8.45. The quantitative estimate of drug-likeness (QED) is 0.629. The number of thioether (sulfide) groups is 1. The van der Waals surface area contributed by atoms with Gasteiger partial charge in [-0.05, 0) is 32.4 Å². The molecule has 0 aliphatic carbocycles. The zero-order valence-corrected chi connectivity index (χ0v) is 13.4. The van der Waals surface area contributed by atoms with Gasteiger partial charge in [0.2, 0.25) is 0 Å². The van der Waals surface area contributed by atoms with Crippen LogP contribution < -0.4 is 0 Å². The summed E-state index contributed by atoms with van der Waals surface area (Å²) in [4.78, 5) is 23.2. The molecule has 0 radical (unpaired) electrons. The minimum absolute atomic E-state index is 0.0679. The van der Waals surface area contributed by atoms with Gasteiger partial charge in [-0.2, -0.15) is 0 Å². The molecule has 0 heterocycles. The van der Waals surface area contributed by atoms with Gasteiger partial charge in [-0.3, -0.25) is 4.79 Å². The fourth-order valence-electron chi connectivity index (χ4n) is 1.54. The van der Waals surface area contributed by atoms with Crippen molar-refractivity contribution in [3.05, 3.63) is 28.5 Å². The van der Waals surface area contributed by atoms with Gasteiger partial charge in [-0.25, -0.2) is 9.18 Å². The molecule has 116 valence electrons. The van der Waals surface area contributed by atoms with E-state index in [-0.39, 0.29) is 11.1 Å². The van der Waals surface area contributed by atoms with Crippen LogP contribution in [-0.4, -0.2) is 28.4 Å². The lowest BCUT2D eigenvalue weighted by molar-refractivity contribution is -0.146. The molecule has 4 nitrogen and oxygen atoms in total. The topological polar surface area (TPSA) is 63.6 Å². The molecule has 7 heteroatoms. The first-order valence-corrected chi connectivity index (χ1v) is 7.61. The van der Waals surface area contributed by atoms with Gasteiger partial charge in [0, 0.05) is 4.90 Å². The Balaban J connectivity index is 3.02. The van der Waals surface area contributed by atoms with Crippen molar-refractivity contribution in [2.75, 3.05) is 0 Å². The van der Waals surface area contributed by atoms with Crippen LogP contribution in [-0.2, 0) is 9.53 Å². The fraction of sp³-hybridized carbons (Fsp3) is 0.429. The van der Waals surface area contributed by atoms with Crippen LogP contribution in [0.1, 0.15) is 37.6 Å². The lowest BCUT2D eigenvalue weighted by atomic mass is 10.2. The average Bonchev–Trinajstić information content (AvgIpc) is 2.36. The maximum absolute atomic E-state index is 13.5. The van der Waals surface area contributed by atoms with Gasteiger partial charge in [0.1, 0.15) is 11.1 Å². The van der Waals surface area contributed by atoms with Gasteiger partial charge in [0.05, 0.1) is 16.7 Å². The summed E-state index contributed by atoms with van der Waals surface area (Å²) in [5.41, 5.74) is -0.478. The average molecular weight is 335 g/mol.